The summed E-state index contributed by atoms with van der Waals surface area (Å²) in [5.74, 6) is -0.816. The summed E-state index contributed by atoms with van der Waals surface area (Å²) < 4.78 is 0. The van der Waals surface area contributed by atoms with Crippen LogP contribution in [0.15, 0.2) is 18.2 Å². The summed E-state index contributed by atoms with van der Waals surface area (Å²) in [5, 5.41) is 18.0. The van der Waals surface area contributed by atoms with Gasteiger partial charge in [-0.05, 0) is 30.5 Å². The molecule has 0 saturated heterocycles. The smallest absolute Gasteiger partial charge is 0.303 e. The van der Waals surface area contributed by atoms with Gasteiger partial charge in [0.15, 0.2) is 0 Å². The number of aliphatic carboxylic acids is 1. The normalized spacial score (nSPS) is 12.4. The molecule has 0 amide bonds. The van der Waals surface area contributed by atoms with Gasteiger partial charge in [-0.15, -0.1) is 0 Å². The third-order valence-electron chi connectivity index (χ3n) is 2.24. The molecule has 0 spiro atoms. The van der Waals surface area contributed by atoms with Gasteiger partial charge in [0.2, 0.25) is 0 Å². The lowest BCUT2D eigenvalue weighted by Gasteiger charge is -2.10. The fourth-order valence-corrected chi connectivity index (χ4v) is 1.59. The van der Waals surface area contributed by atoms with Gasteiger partial charge in [0.25, 0.3) is 0 Å². The van der Waals surface area contributed by atoms with Crippen molar-refractivity contribution in [2.75, 3.05) is 0 Å². The standard InChI is InChI=1S/C11H14ClNO3/c12-9-6-7(1-3-10(9)14)5-8(13)2-4-11(15)16/h1,3,6,8,14H,2,4-5,13H2,(H,15,16). The number of carboxylic acids is 1. The van der Waals surface area contributed by atoms with E-state index in [0.717, 1.165) is 5.56 Å². The van der Waals surface area contributed by atoms with Crippen molar-refractivity contribution in [3.63, 3.8) is 0 Å². The number of carbonyl (C=O) groups is 1. The molecule has 88 valence electrons. The zero-order chi connectivity index (χ0) is 12.1. The first-order valence-corrected chi connectivity index (χ1v) is 5.31. The predicted molar refractivity (Wildman–Crippen MR) is 61.7 cm³/mol. The molecule has 0 aliphatic carbocycles. The molecule has 1 aromatic carbocycles. The van der Waals surface area contributed by atoms with Crippen LogP contribution < -0.4 is 5.73 Å². The molecule has 0 bridgehead atoms. The Hall–Kier alpha value is -1.26. The molecule has 1 rings (SSSR count). The fraction of sp³-hybridized carbons (Fsp3) is 0.364. The Morgan fingerprint density at radius 3 is 2.75 bits per heavy atom. The van der Waals surface area contributed by atoms with Crippen molar-refractivity contribution in [1.29, 1.82) is 0 Å². The van der Waals surface area contributed by atoms with Gasteiger partial charge in [0.05, 0.1) is 5.02 Å². The maximum absolute atomic E-state index is 10.3. The second-order valence-electron chi connectivity index (χ2n) is 3.68. The van der Waals surface area contributed by atoms with Crippen molar-refractivity contribution in [3.05, 3.63) is 28.8 Å². The van der Waals surface area contributed by atoms with Crippen molar-refractivity contribution in [2.45, 2.75) is 25.3 Å². The molecular formula is C11H14ClNO3. The van der Waals surface area contributed by atoms with E-state index < -0.39 is 5.97 Å². The highest BCUT2D eigenvalue weighted by Gasteiger charge is 2.08. The summed E-state index contributed by atoms with van der Waals surface area (Å²) in [6.45, 7) is 0. The Bertz CT molecular complexity index is 381. The van der Waals surface area contributed by atoms with Gasteiger partial charge in [0, 0.05) is 12.5 Å². The van der Waals surface area contributed by atoms with Crippen LogP contribution in [0, 0.1) is 0 Å². The number of hydrogen-bond acceptors (Lipinski definition) is 3. The van der Waals surface area contributed by atoms with Crippen LogP contribution in [0.25, 0.3) is 0 Å². The highest BCUT2D eigenvalue weighted by molar-refractivity contribution is 6.32. The summed E-state index contributed by atoms with van der Waals surface area (Å²) >= 11 is 5.74. The first kappa shape index (κ1) is 12.8. The quantitative estimate of drug-likeness (QED) is 0.736. The van der Waals surface area contributed by atoms with E-state index in [1.165, 1.54) is 6.07 Å². The third-order valence-corrected chi connectivity index (χ3v) is 2.54. The lowest BCUT2D eigenvalue weighted by atomic mass is 10.0. The van der Waals surface area contributed by atoms with E-state index in [1.54, 1.807) is 12.1 Å². The molecule has 0 saturated carbocycles. The topological polar surface area (TPSA) is 83.6 Å². The van der Waals surface area contributed by atoms with Gasteiger partial charge in [-0.2, -0.15) is 0 Å². The molecule has 5 heteroatoms. The van der Waals surface area contributed by atoms with Crippen LogP contribution in [-0.2, 0) is 11.2 Å². The Balaban J connectivity index is 2.52. The third kappa shape index (κ3) is 4.08. The van der Waals surface area contributed by atoms with Gasteiger partial charge >= 0.3 is 5.97 Å². The van der Waals surface area contributed by atoms with Gasteiger partial charge in [-0.1, -0.05) is 17.7 Å². The van der Waals surface area contributed by atoms with Crippen LogP contribution in [0.3, 0.4) is 0 Å². The number of benzene rings is 1. The number of phenols is 1. The van der Waals surface area contributed by atoms with E-state index in [2.05, 4.69) is 0 Å². The largest absolute Gasteiger partial charge is 0.506 e. The Morgan fingerprint density at radius 2 is 2.19 bits per heavy atom. The summed E-state index contributed by atoms with van der Waals surface area (Å²) in [6, 6.07) is 4.65. The van der Waals surface area contributed by atoms with Crippen LogP contribution in [0.5, 0.6) is 5.75 Å². The van der Waals surface area contributed by atoms with Crippen molar-refractivity contribution in [3.8, 4) is 5.75 Å². The molecule has 16 heavy (non-hydrogen) atoms. The zero-order valence-corrected chi connectivity index (χ0v) is 9.44. The van der Waals surface area contributed by atoms with Gasteiger partial charge in [-0.3, -0.25) is 4.79 Å². The summed E-state index contributed by atoms with van der Waals surface area (Å²) in [5.41, 5.74) is 6.66. The number of carboxylic acid groups (broad SMARTS) is 1. The molecule has 0 fully saturated rings. The molecule has 0 radical (unpaired) electrons. The summed E-state index contributed by atoms with van der Waals surface area (Å²) in [4.78, 5) is 10.3. The van der Waals surface area contributed by atoms with Gasteiger partial charge in [-0.25, -0.2) is 0 Å². The van der Waals surface area contributed by atoms with Crippen LogP contribution >= 0.6 is 11.6 Å². The lowest BCUT2D eigenvalue weighted by molar-refractivity contribution is -0.137. The number of halogens is 1. The average Bonchev–Trinajstić information content (AvgIpc) is 2.21. The summed E-state index contributed by atoms with van der Waals surface area (Å²) in [7, 11) is 0. The molecule has 4 nitrogen and oxygen atoms in total. The Morgan fingerprint density at radius 1 is 1.50 bits per heavy atom. The lowest BCUT2D eigenvalue weighted by Crippen LogP contribution is -2.23. The molecule has 0 heterocycles. The Kier molecular flexibility index (Phi) is 4.58. The number of rotatable bonds is 5. The molecule has 1 unspecified atom stereocenters. The SMILES string of the molecule is NC(CCC(=O)O)Cc1ccc(O)c(Cl)c1. The summed E-state index contributed by atoms with van der Waals surface area (Å²) in [6.07, 6.45) is 1.04. The maximum Gasteiger partial charge on any atom is 0.303 e. The minimum absolute atomic E-state index is 0.0320. The first-order chi connectivity index (χ1) is 7.49. The van der Waals surface area contributed by atoms with Crippen molar-refractivity contribution in [1.82, 2.24) is 0 Å². The second-order valence-corrected chi connectivity index (χ2v) is 4.09. The van der Waals surface area contributed by atoms with Crippen molar-refractivity contribution in [2.24, 2.45) is 5.73 Å². The molecule has 0 aromatic heterocycles. The first-order valence-electron chi connectivity index (χ1n) is 4.94. The Labute approximate surface area is 98.6 Å². The van der Waals surface area contributed by atoms with E-state index >= 15 is 0 Å². The zero-order valence-electron chi connectivity index (χ0n) is 8.69. The molecular weight excluding hydrogens is 230 g/mol. The monoisotopic (exact) mass is 243 g/mol. The van der Waals surface area contributed by atoms with E-state index in [-0.39, 0.29) is 23.2 Å². The number of hydrogen-bond donors (Lipinski definition) is 3. The number of nitrogens with two attached hydrogens (primary N) is 1. The number of aromatic hydroxyl groups is 1. The number of phenolic OH excluding ortho intramolecular Hbond substituents is 1. The van der Waals surface area contributed by atoms with Crippen LogP contribution in [0.1, 0.15) is 18.4 Å². The minimum atomic E-state index is -0.848. The van der Waals surface area contributed by atoms with E-state index in [9.17, 15) is 9.90 Å². The molecule has 0 aliphatic heterocycles. The molecule has 1 aromatic rings. The van der Waals surface area contributed by atoms with Crippen LogP contribution in [0.4, 0.5) is 0 Å². The van der Waals surface area contributed by atoms with E-state index in [1.807, 2.05) is 0 Å². The van der Waals surface area contributed by atoms with E-state index in [4.69, 9.17) is 22.4 Å². The molecule has 1 atom stereocenters. The highest BCUT2D eigenvalue weighted by atomic mass is 35.5. The van der Waals surface area contributed by atoms with Crippen LogP contribution in [-0.4, -0.2) is 22.2 Å². The van der Waals surface area contributed by atoms with Gasteiger partial charge < -0.3 is 15.9 Å². The van der Waals surface area contributed by atoms with Gasteiger partial charge in [0.1, 0.15) is 5.75 Å². The molecule has 4 N–H and O–H groups in total. The van der Waals surface area contributed by atoms with Crippen molar-refractivity contribution < 1.29 is 15.0 Å². The minimum Gasteiger partial charge on any atom is -0.506 e. The molecule has 0 aliphatic rings. The average molecular weight is 244 g/mol. The van der Waals surface area contributed by atoms with E-state index in [0.29, 0.717) is 12.8 Å². The van der Waals surface area contributed by atoms with Crippen molar-refractivity contribution >= 4 is 17.6 Å². The highest BCUT2D eigenvalue weighted by Crippen LogP contribution is 2.24. The predicted octanol–water partition coefficient (Wildman–Crippen LogP) is 1.78. The second kappa shape index (κ2) is 5.72. The fourth-order valence-electron chi connectivity index (χ4n) is 1.39. The maximum atomic E-state index is 10.3. The van der Waals surface area contributed by atoms with Crippen LogP contribution in [0.2, 0.25) is 5.02 Å².